The normalized spacial score (nSPS) is 10.9. The molecule has 6 nitrogen and oxygen atoms in total. The van der Waals surface area contributed by atoms with Crippen molar-refractivity contribution in [1.29, 1.82) is 0 Å². The summed E-state index contributed by atoms with van der Waals surface area (Å²) in [6.07, 6.45) is 0.721. The summed E-state index contributed by atoms with van der Waals surface area (Å²) in [6, 6.07) is 7.76. The van der Waals surface area contributed by atoms with Gasteiger partial charge in [0, 0.05) is 13.6 Å². The molecular weight excluding hydrogens is 350 g/mol. The van der Waals surface area contributed by atoms with Gasteiger partial charge in [0.2, 0.25) is 0 Å². The molecule has 0 aliphatic carbocycles. The average Bonchev–Trinajstić information content (AvgIpc) is 2.96. The van der Waals surface area contributed by atoms with Crippen molar-refractivity contribution in [2.24, 2.45) is 7.05 Å². The number of carbonyl (C=O) groups is 1. The molecule has 26 heavy (non-hydrogen) atoms. The largest absolute Gasteiger partial charge is 0.497 e. The van der Waals surface area contributed by atoms with Gasteiger partial charge in [0.15, 0.2) is 0 Å². The fourth-order valence-corrected chi connectivity index (χ4v) is 3.91. The Balaban J connectivity index is 1.74. The van der Waals surface area contributed by atoms with Crippen LogP contribution in [0.5, 0.6) is 5.75 Å². The lowest BCUT2D eigenvalue weighted by atomic mass is 10.1. The molecule has 2 aromatic heterocycles. The standard InChI is InChI=1S/C19H21N3O3S/c1-11-15-18(21-12(2)22(3)19(15)24)26-16(11)17(23)20-10-9-13-5-7-14(25-4)8-6-13/h5-8H,9-10H2,1-4H3,(H,20,23). The van der Waals surface area contributed by atoms with Crippen molar-refractivity contribution in [3.63, 3.8) is 0 Å². The van der Waals surface area contributed by atoms with Crippen molar-refractivity contribution < 1.29 is 9.53 Å². The van der Waals surface area contributed by atoms with Crippen LogP contribution in [0.2, 0.25) is 0 Å². The molecule has 0 saturated heterocycles. The van der Waals surface area contributed by atoms with Gasteiger partial charge in [-0.15, -0.1) is 11.3 Å². The molecule has 0 saturated carbocycles. The summed E-state index contributed by atoms with van der Waals surface area (Å²) in [5, 5.41) is 3.46. The summed E-state index contributed by atoms with van der Waals surface area (Å²) in [6.45, 7) is 4.10. The van der Waals surface area contributed by atoms with Gasteiger partial charge in [-0.3, -0.25) is 14.2 Å². The first kappa shape index (κ1) is 18.1. The highest BCUT2D eigenvalue weighted by Gasteiger charge is 2.19. The van der Waals surface area contributed by atoms with Gasteiger partial charge in [0.25, 0.3) is 11.5 Å². The molecule has 1 amide bonds. The Morgan fingerprint density at radius 1 is 1.27 bits per heavy atom. The van der Waals surface area contributed by atoms with Gasteiger partial charge in [0.05, 0.1) is 17.4 Å². The molecule has 0 spiro atoms. The molecule has 0 aliphatic heterocycles. The first-order chi connectivity index (χ1) is 12.4. The number of amides is 1. The predicted octanol–water partition coefficient (Wildman–Crippen LogP) is 2.59. The van der Waals surface area contributed by atoms with E-state index in [-0.39, 0.29) is 11.5 Å². The second kappa shape index (κ2) is 7.29. The van der Waals surface area contributed by atoms with Gasteiger partial charge in [-0.05, 0) is 43.5 Å². The Morgan fingerprint density at radius 3 is 2.62 bits per heavy atom. The van der Waals surface area contributed by atoms with Gasteiger partial charge in [-0.25, -0.2) is 4.98 Å². The quantitative estimate of drug-likeness (QED) is 0.748. The van der Waals surface area contributed by atoms with Crippen LogP contribution >= 0.6 is 11.3 Å². The Hall–Kier alpha value is -2.67. The highest BCUT2D eigenvalue weighted by Crippen LogP contribution is 2.27. The maximum atomic E-state index is 12.5. The van der Waals surface area contributed by atoms with Crippen molar-refractivity contribution in [1.82, 2.24) is 14.9 Å². The first-order valence-corrected chi connectivity index (χ1v) is 9.12. The molecule has 3 rings (SSSR count). The van der Waals surface area contributed by atoms with Crippen molar-refractivity contribution in [2.45, 2.75) is 20.3 Å². The number of thiophene rings is 1. The summed E-state index contributed by atoms with van der Waals surface area (Å²) in [5.41, 5.74) is 1.70. The number of hydrogen-bond acceptors (Lipinski definition) is 5. The van der Waals surface area contributed by atoms with E-state index in [2.05, 4.69) is 10.3 Å². The number of ether oxygens (including phenoxy) is 1. The number of aromatic nitrogens is 2. The molecule has 0 aliphatic rings. The summed E-state index contributed by atoms with van der Waals surface area (Å²) < 4.78 is 6.64. The van der Waals surface area contributed by atoms with E-state index in [1.54, 1.807) is 28.0 Å². The first-order valence-electron chi connectivity index (χ1n) is 8.30. The Kier molecular flexibility index (Phi) is 5.08. The minimum absolute atomic E-state index is 0.112. The number of carbonyl (C=O) groups excluding carboxylic acids is 1. The molecule has 136 valence electrons. The SMILES string of the molecule is COc1ccc(CCNC(=O)c2sc3nc(C)n(C)c(=O)c3c2C)cc1. The lowest BCUT2D eigenvalue weighted by molar-refractivity contribution is 0.0957. The zero-order valence-corrected chi connectivity index (χ0v) is 16.1. The van der Waals surface area contributed by atoms with Crippen molar-refractivity contribution >= 4 is 27.5 Å². The van der Waals surface area contributed by atoms with E-state index in [0.717, 1.165) is 17.7 Å². The van der Waals surface area contributed by atoms with Crippen LogP contribution in [0.15, 0.2) is 29.1 Å². The van der Waals surface area contributed by atoms with Crippen molar-refractivity contribution in [3.05, 3.63) is 56.4 Å². The zero-order chi connectivity index (χ0) is 18.8. The molecule has 7 heteroatoms. The molecular formula is C19H21N3O3S. The van der Waals surface area contributed by atoms with Crippen LogP contribution in [-0.2, 0) is 13.5 Å². The van der Waals surface area contributed by atoms with Gasteiger partial charge in [-0.2, -0.15) is 0 Å². The number of hydrogen-bond donors (Lipinski definition) is 1. The molecule has 0 unspecified atom stereocenters. The third kappa shape index (κ3) is 3.35. The maximum absolute atomic E-state index is 12.5. The Bertz CT molecular complexity index is 1020. The van der Waals surface area contributed by atoms with Crippen LogP contribution in [0, 0.1) is 13.8 Å². The predicted molar refractivity (Wildman–Crippen MR) is 103 cm³/mol. The van der Waals surface area contributed by atoms with Crippen LogP contribution in [0.4, 0.5) is 0 Å². The highest BCUT2D eigenvalue weighted by molar-refractivity contribution is 7.20. The Morgan fingerprint density at radius 2 is 1.96 bits per heavy atom. The van der Waals surface area contributed by atoms with E-state index in [0.29, 0.717) is 33.0 Å². The number of methoxy groups -OCH3 is 1. The Labute approximate surface area is 155 Å². The topological polar surface area (TPSA) is 73.2 Å². The summed E-state index contributed by atoms with van der Waals surface area (Å²) in [5.74, 6) is 1.27. The molecule has 0 fully saturated rings. The third-order valence-corrected chi connectivity index (χ3v) is 5.64. The van der Waals surface area contributed by atoms with Crippen LogP contribution < -0.4 is 15.6 Å². The van der Waals surface area contributed by atoms with Gasteiger partial charge >= 0.3 is 0 Å². The van der Waals surface area contributed by atoms with Gasteiger partial charge < -0.3 is 10.1 Å². The summed E-state index contributed by atoms with van der Waals surface area (Å²) in [7, 11) is 3.32. The number of aryl methyl sites for hydroxylation is 2. The van der Waals surface area contributed by atoms with Gasteiger partial charge in [0.1, 0.15) is 16.4 Å². The van der Waals surface area contributed by atoms with E-state index < -0.39 is 0 Å². The molecule has 0 radical (unpaired) electrons. The lowest BCUT2D eigenvalue weighted by Gasteiger charge is -2.06. The number of nitrogens with one attached hydrogen (secondary N) is 1. The molecule has 2 heterocycles. The minimum Gasteiger partial charge on any atom is -0.497 e. The number of rotatable bonds is 5. The van der Waals surface area contributed by atoms with Crippen molar-refractivity contribution in [3.8, 4) is 5.75 Å². The molecule has 1 N–H and O–H groups in total. The molecule has 1 aromatic carbocycles. The molecule has 3 aromatic rings. The fourth-order valence-electron chi connectivity index (χ4n) is 2.77. The molecule has 0 bridgehead atoms. The molecule has 0 atom stereocenters. The van der Waals surface area contributed by atoms with E-state index in [4.69, 9.17) is 4.74 Å². The monoisotopic (exact) mass is 371 g/mol. The maximum Gasteiger partial charge on any atom is 0.262 e. The fraction of sp³-hybridized carbons (Fsp3) is 0.316. The lowest BCUT2D eigenvalue weighted by Crippen LogP contribution is -2.25. The highest BCUT2D eigenvalue weighted by atomic mass is 32.1. The zero-order valence-electron chi connectivity index (χ0n) is 15.3. The van der Waals surface area contributed by atoms with Gasteiger partial charge in [-0.1, -0.05) is 12.1 Å². The van der Waals surface area contributed by atoms with E-state index >= 15 is 0 Å². The second-order valence-corrected chi connectivity index (χ2v) is 7.11. The van der Waals surface area contributed by atoms with E-state index in [1.807, 2.05) is 24.3 Å². The second-order valence-electron chi connectivity index (χ2n) is 6.11. The van der Waals surface area contributed by atoms with Crippen LogP contribution in [-0.4, -0.2) is 29.1 Å². The number of nitrogens with zero attached hydrogens (tertiary/aromatic N) is 2. The number of fused-ring (bicyclic) bond motifs is 1. The third-order valence-electron chi connectivity index (χ3n) is 4.46. The smallest absolute Gasteiger partial charge is 0.262 e. The van der Waals surface area contributed by atoms with E-state index in [9.17, 15) is 9.59 Å². The summed E-state index contributed by atoms with van der Waals surface area (Å²) >= 11 is 1.27. The average molecular weight is 371 g/mol. The van der Waals surface area contributed by atoms with Crippen LogP contribution in [0.3, 0.4) is 0 Å². The van der Waals surface area contributed by atoms with Crippen LogP contribution in [0.1, 0.15) is 26.6 Å². The number of benzene rings is 1. The van der Waals surface area contributed by atoms with Crippen LogP contribution in [0.25, 0.3) is 10.2 Å². The van der Waals surface area contributed by atoms with E-state index in [1.165, 1.54) is 15.9 Å². The van der Waals surface area contributed by atoms with Crippen molar-refractivity contribution in [2.75, 3.05) is 13.7 Å². The summed E-state index contributed by atoms with van der Waals surface area (Å²) in [4.78, 5) is 30.6. The minimum atomic E-state index is -0.168.